The average molecular weight is 398 g/mol. The fraction of sp³-hybridized carbons (Fsp3) is 0.591. The first-order chi connectivity index (χ1) is 14.1. The lowest BCUT2D eigenvalue weighted by Crippen LogP contribution is -2.51. The summed E-state index contributed by atoms with van der Waals surface area (Å²) in [6.45, 7) is 6.87. The van der Waals surface area contributed by atoms with Crippen molar-refractivity contribution in [1.82, 2.24) is 24.5 Å². The number of pyridine rings is 1. The minimum absolute atomic E-state index is 0.0437. The summed E-state index contributed by atoms with van der Waals surface area (Å²) in [6.07, 6.45) is 6.58. The Morgan fingerprint density at radius 2 is 1.90 bits per heavy atom. The van der Waals surface area contributed by atoms with Gasteiger partial charge in [-0.3, -0.25) is 23.8 Å². The van der Waals surface area contributed by atoms with Gasteiger partial charge in [0.25, 0.3) is 5.56 Å². The SMILES string of the molecule is C[C@H]1CCCC[C@@H]1NC(=O)CN1CCN(Cc2cc(=O)n3ccccc3n2)CC1. The van der Waals surface area contributed by atoms with Crippen molar-refractivity contribution in [2.75, 3.05) is 32.7 Å². The van der Waals surface area contributed by atoms with Crippen LogP contribution in [0.5, 0.6) is 0 Å². The summed E-state index contributed by atoms with van der Waals surface area (Å²) in [4.78, 5) is 33.8. The van der Waals surface area contributed by atoms with E-state index in [2.05, 4.69) is 27.0 Å². The second kappa shape index (κ2) is 9.05. The Balaban J connectivity index is 1.26. The summed E-state index contributed by atoms with van der Waals surface area (Å²) in [6, 6.07) is 7.55. The summed E-state index contributed by atoms with van der Waals surface area (Å²) >= 11 is 0. The van der Waals surface area contributed by atoms with Crippen LogP contribution in [0.25, 0.3) is 5.65 Å². The molecule has 156 valence electrons. The molecule has 1 aliphatic carbocycles. The van der Waals surface area contributed by atoms with Gasteiger partial charge >= 0.3 is 0 Å². The number of carbonyl (C=O) groups is 1. The van der Waals surface area contributed by atoms with Gasteiger partial charge in [0.05, 0.1) is 12.2 Å². The van der Waals surface area contributed by atoms with E-state index in [1.807, 2.05) is 18.2 Å². The predicted octanol–water partition coefficient (Wildman–Crippen LogP) is 1.51. The molecule has 2 aliphatic rings. The lowest BCUT2D eigenvalue weighted by molar-refractivity contribution is -0.124. The maximum atomic E-state index is 12.4. The Kier molecular flexibility index (Phi) is 6.25. The van der Waals surface area contributed by atoms with E-state index in [0.717, 1.165) is 38.3 Å². The molecule has 7 heteroatoms. The normalized spacial score (nSPS) is 23.9. The van der Waals surface area contributed by atoms with Crippen LogP contribution in [-0.4, -0.2) is 63.9 Å². The van der Waals surface area contributed by atoms with E-state index in [0.29, 0.717) is 30.7 Å². The predicted molar refractivity (Wildman–Crippen MR) is 113 cm³/mol. The van der Waals surface area contributed by atoms with E-state index in [9.17, 15) is 9.59 Å². The Hall–Kier alpha value is -2.25. The van der Waals surface area contributed by atoms with Crippen LogP contribution in [0, 0.1) is 5.92 Å². The summed E-state index contributed by atoms with van der Waals surface area (Å²) in [7, 11) is 0. The fourth-order valence-corrected chi connectivity index (χ4v) is 4.50. The van der Waals surface area contributed by atoms with Gasteiger partial charge in [0.15, 0.2) is 0 Å². The largest absolute Gasteiger partial charge is 0.352 e. The molecular formula is C22H31N5O2. The van der Waals surface area contributed by atoms with Gasteiger partial charge in [-0.2, -0.15) is 0 Å². The molecule has 1 N–H and O–H groups in total. The zero-order valence-corrected chi connectivity index (χ0v) is 17.2. The van der Waals surface area contributed by atoms with Crippen LogP contribution in [0.2, 0.25) is 0 Å². The molecule has 2 fully saturated rings. The van der Waals surface area contributed by atoms with Crippen molar-refractivity contribution in [3.63, 3.8) is 0 Å². The van der Waals surface area contributed by atoms with Crippen LogP contribution < -0.4 is 10.9 Å². The third kappa shape index (κ3) is 5.03. The highest BCUT2D eigenvalue weighted by Crippen LogP contribution is 2.23. The molecule has 1 saturated heterocycles. The second-order valence-corrected chi connectivity index (χ2v) is 8.50. The summed E-state index contributed by atoms with van der Waals surface area (Å²) in [5, 5.41) is 3.25. The zero-order chi connectivity index (χ0) is 20.2. The fourth-order valence-electron chi connectivity index (χ4n) is 4.50. The molecule has 4 rings (SSSR count). The molecule has 0 bridgehead atoms. The van der Waals surface area contributed by atoms with Crippen LogP contribution in [0.15, 0.2) is 35.3 Å². The van der Waals surface area contributed by atoms with Crippen LogP contribution in [-0.2, 0) is 11.3 Å². The summed E-state index contributed by atoms with van der Waals surface area (Å²) in [5.74, 6) is 0.740. The molecule has 0 radical (unpaired) electrons. The molecular weight excluding hydrogens is 366 g/mol. The molecule has 3 heterocycles. The maximum absolute atomic E-state index is 12.4. The molecule has 0 spiro atoms. The quantitative estimate of drug-likeness (QED) is 0.828. The maximum Gasteiger partial charge on any atom is 0.258 e. The van der Waals surface area contributed by atoms with Crippen molar-refractivity contribution in [2.45, 2.75) is 45.2 Å². The van der Waals surface area contributed by atoms with Gasteiger partial charge in [-0.15, -0.1) is 0 Å². The monoisotopic (exact) mass is 397 g/mol. The van der Waals surface area contributed by atoms with Crippen LogP contribution in [0.1, 0.15) is 38.3 Å². The Bertz CT molecular complexity index is 903. The highest BCUT2D eigenvalue weighted by Gasteiger charge is 2.25. The molecule has 2 aromatic heterocycles. The first kappa shape index (κ1) is 20.0. The number of carbonyl (C=O) groups excluding carboxylic acids is 1. The number of amides is 1. The van der Waals surface area contributed by atoms with Gasteiger partial charge < -0.3 is 5.32 Å². The number of aromatic nitrogens is 2. The first-order valence-corrected chi connectivity index (χ1v) is 10.8. The number of nitrogens with one attached hydrogen (secondary N) is 1. The van der Waals surface area contributed by atoms with Gasteiger partial charge in [0, 0.05) is 51.0 Å². The summed E-state index contributed by atoms with van der Waals surface area (Å²) in [5.41, 5.74) is 1.44. The van der Waals surface area contributed by atoms with Crippen molar-refractivity contribution >= 4 is 11.6 Å². The van der Waals surface area contributed by atoms with Crippen molar-refractivity contribution < 1.29 is 4.79 Å². The summed E-state index contributed by atoms with van der Waals surface area (Å²) < 4.78 is 1.56. The Labute approximate surface area is 171 Å². The van der Waals surface area contributed by atoms with Crippen LogP contribution in [0.4, 0.5) is 0 Å². The van der Waals surface area contributed by atoms with E-state index in [1.54, 1.807) is 16.7 Å². The van der Waals surface area contributed by atoms with Crippen molar-refractivity contribution in [3.05, 3.63) is 46.5 Å². The Morgan fingerprint density at radius 3 is 2.69 bits per heavy atom. The standard InChI is InChI=1S/C22H31N5O2/c1-17-6-2-3-7-19(17)24-21(28)16-26-12-10-25(11-13-26)15-18-14-22(29)27-9-5-4-8-20(27)23-18/h4-5,8-9,14,17,19H,2-3,6-7,10-13,15-16H2,1H3,(H,24,28)/t17-,19-/m0/s1. The lowest BCUT2D eigenvalue weighted by Gasteiger charge is -2.35. The number of hydrogen-bond donors (Lipinski definition) is 1. The number of fused-ring (bicyclic) bond motifs is 1. The molecule has 0 aromatic carbocycles. The number of rotatable bonds is 5. The molecule has 1 amide bonds. The minimum atomic E-state index is -0.0437. The van der Waals surface area contributed by atoms with E-state index >= 15 is 0 Å². The number of piperazine rings is 1. The van der Waals surface area contributed by atoms with Gasteiger partial charge in [-0.1, -0.05) is 25.8 Å². The molecule has 1 saturated carbocycles. The number of hydrogen-bond acceptors (Lipinski definition) is 5. The molecule has 2 aromatic rings. The topological polar surface area (TPSA) is 70.0 Å². The van der Waals surface area contributed by atoms with E-state index in [-0.39, 0.29) is 11.5 Å². The second-order valence-electron chi connectivity index (χ2n) is 8.50. The Morgan fingerprint density at radius 1 is 1.14 bits per heavy atom. The van der Waals surface area contributed by atoms with Gasteiger partial charge in [-0.25, -0.2) is 4.98 Å². The van der Waals surface area contributed by atoms with Gasteiger partial charge in [-0.05, 0) is 30.9 Å². The van der Waals surface area contributed by atoms with Crippen molar-refractivity contribution in [1.29, 1.82) is 0 Å². The van der Waals surface area contributed by atoms with E-state index in [4.69, 9.17) is 0 Å². The third-order valence-electron chi connectivity index (χ3n) is 6.30. The first-order valence-electron chi connectivity index (χ1n) is 10.8. The molecule has 2 atom stereocenters. The van der Waals surface area contributed by atoms with Gasteiger partial charge in [0.2, 0.25) is 5.91 Å². The number of nitrogens with zero attached hydrogens (tertiary/aromatic N) is 4. The highest BCUT2D eigenvalue weighted by atomic mass is 16.2. The van der Waals surface area contributed by atoms with E-state index < -0.39 is 0 Å². The molecule has 0 unspecified atom stereocenters. The average Bonchev–Trinajstić information content (AvgIpc) is 2.71. The van der Waals surface area contributed by atoms with Crippen LogP contribution >= 0.6 is 0 Å². The molecule has 29 heavy (non-hydrogen) atoms. The van der Waals surface area contributed by atoms with Crippen LogP contribution in [0.3, 0.4) is 0 Å². The van der Waals surface area contributed by atoms with Crippen molar-refractivity contribution in [3.8, 4) is 0 Å². The molecule has 1 aliphatic heterocycles. The highest BCUT2D eigenvalue weighted by molar-refractivity contribution is 5.78. The molecule has 7 nitrogen and oxygen atoms in total. The minimum Gasteiger partial charge on any atom is -0.352 e. The smallest absolute Gasteiger partial charge is 0.258 e. The lowest BCUT2D eigenvalue weighted by atomic mass is 9.86. The third-order valence-corrected chi connectivity index (χ3v) is 6.30. The van der Waals surface area contributed by atoms with Crippen molar-refractivity contribution in [2.24, 2.45) is 5.92 Å². The van der Waals surface area contributed by atoms with Gasteiger partial charge in [0.1, 0.15) is 5.65 Å². The zero-order valence-electron chi connectivity index (χ0n) is 17.2. The van der Waals surface area contributed by atoms with E-state index in [1.165, 1.54) is 19.3 Å².